The van der Waals surface area contributed by atoms with Gasteiger partial charge in [-0.3, -0.25) is 4.31 Å². The summed E-state index contributed by atoms with van der Waals surface area (Å²) >= 11 is 0. The summed E-state index contributed by atoms with van der Waals surface area (Å²) in [5.41, 5.74) is 9.07. The standard InChI is InChI=1S/C16H18N2O2S/c1-11-7-8-14(10-15(11)17)21(19,20)18-12(2)9-13-5-3-4-6-16(13)18/h3-8,10,12H,9,17H2,1-2H3. The van der Waals surface area contributed by atoms with Crippen molar-refractivity contribution in [3.63, 3.8) is 0 Å². The van der Waals surface area contributed by atoms with Gasteiger partial charge in [0.15, 0.2) is 0 Å². The van der Waals surface area contributed by atoms with Crippen molar-refractivity contribution in [1.29, 1.82) is 0 Å². The molecule has 4 nitrogen and oxygen atoms in total. The van der Waals surface area contributed by atoms with Crippen LogP contribution in [0.1, 0.15) is 18.1 Å². The molecule has 0 saturated carbocycles. The largest absolute Gasteiger partial charge is 0.398 e. The summed E-state index contributed by atoms with van der Waals surface area (Å²) in [5, 5.41) is 0. The lowest BCUT2D eigenvalue weighted by atomic mass is 10.1. The van der Waals surface area contributed by atoms with E-state index < -0.39 is 10.0 Å². The van der Waals surface area contributed by atoms with Crippen LogP contribution in [0.2, 0.25) is 0 Å². The molecule has 2 aromatic rings. The third kappa shape index (κ3) is 2.17. The normalized spacial score (nSPS) is 17.8. The van der Waals surface area contributed by atoms with Crippen LogP contribution < -0.4 is 10.0 Å². The smallest absolute Gasteiger partial charge is 0.264 e. The Hall–Kier alpha value is -2.01. The van der Waals surface area contributed by atoms with Crippen LogP contribution in [-0.4, -0.2) is 14.5 Å². The monoisotopic (exact) mass is 302 g/mol. The second kappa shape index (κ2) is 4.77. The van der Waals surface area contributed by atoms with Crippen LogP contribution in [0.3, 0.4) is 0 Å². The quantitative estimate of drug-likeness (QED) is 0.868. The number of para-hydroxylation sites is 1. The number of rotatable bonds is 2. The highest BCUT2D eigenvalue weighted by Gasteiger charge is 2.35. The molecule has 1 unspecified atom stereocenters. The lowest BCUT2D eigenvalue weighted by Gasteiger charge is -2.24. The SMILES string of the molecule is Cc1ccc(S(=O)(=O)N2c3ccccc3CC2C)cc1N. The lowest BCUT2D eigenvalue weighted by Crippen LogP contribution is -2.35. The third-order valence-corrected chi connectivity index (χ3v) is 5.88. The highest BCUT2D eigenvalue weighted by atomic mass is 32.2. The number of benzene rings is 2. The minimum absolute atomic E-state index is 0.0880. The molecule has 0 spiro atoms. The molecule has 2 N–H and O–H groups in total. The molecule has 0 saturated heterocycles. The van der Waals surface area contributed by atoms with E-state index in [1.807, 2.05) is 38.1 Å². The fourth-order valence-electron chi connectivity index (χ4n) is 2.80. The molecule has 0 aromatic heterocycles. The van der Waals surface area contributed by atoms with E-state index in [1.165, 1.54) is 4.31 Å². The van der Waals surface area contributed by atoms with Gasteiger partial charge in [-0.1, -0.05) is 24.3 Å². The number of nitrogens with zero attached hydrogens (tertiary/aromatic N) is 1. The van der Waals surface area contributed by atoms with Gasteiger partial charge in [0, 0.05) is 11.7 Å². The second-order valence-corrected chi connectivity index (χ2v) is 7.32. The molecular formula is C16H18N2O2S. The molecule has 0 aliphatic carbocycles. The number of nitrogens with two attached hydrogens (primary N) is 1. The molecule has 1 atom stereocenters. The number of anilines is 2. The summed E-state index contributed by atoms with van der Waals surface area (Å²) in [6, 6.07) is 12.4. The highest BCUT2D eigenvalue weighted by molar-refractivity contribution is 7.92. The van der Waals surface area contributed by atoms with Crippen LogP contribution in [0, 0.1) is 6.92 Å². The van der Waals surface area contributed by atoms with Crippen molar-refractivity contribution in [2.45, 2.75) is 31.2 Å². The zero-order valence-corrected chi connectivity index (χ0v) is 12.9. The number of hydrogen-bond donors (Lipinski definition) is 1. The summed E-state index contributed by atoms with van der Waals surface area (Å²) < 4.78 is 27.4. The molecule has 0 radical (unpaired) electrons. The van der Waals surface area contributed by atoms with Gasteiger partial charge in [-0.25, -0.2) is 8.42 Å². The minimum atomic E-state index is -3.59. The first-order chi connectivity index (χ1) is 9.91. The average Bonchev–Trinajstić information content (AvgIpc) is 2.78. The van der Waals surface area contributed by atoms with Crippen LogP contribution >= 0.6 is 0 Å². The first kappa shape index (κ1) is 13.9. The molecular weight excluding hydrogens is 284 g/mol. The van der Waals surface area contributed by atoms with Gasteiger partial charge in [-0.2, -0.15) is 0 Å². The summed E-state index contributed by atoms with van der Waals surface area (Å²) in [4.78, 5) is 0.245. The Labute approximate surface area is 125 Å². The predicted molar refractivity (Wildman–Crippen MR) is 84.9 cm³/mol. The van der Waals surface area contributed by atoms with Crippen molar-refractivity contribution in [2.75, 3.05) is 10.0 Å². The topological polar surface area (TPSA) is 63.4 Å². The van der Waals surface area contributed by atoms with E-state index in [0.717, 1.165) is 23.2 Å². The maximum Gasteiger partial charge on any atom is 0.264 e. The zero-order chi connectivity index (χ0) is 15.2. The van der Waals surface area contributed by atoms with Gasteiger partial charge >= 0.3 is 0 Å². The van der Waals surface area contributed by atoms with Gasteiger partial charge in [-0.05, 0) is 49.6 Å². The van der Waals surface area contributed by atoms with Gasteiger partial charge in [0.1, 0.15) is 0 Å². The third-order valence-electron chi connectivity index (χ3n) is 3.95. The van der Waals surface area contributed by atoms with Gasteiger partial charge in [-0.15, -0.1) is 0 Å². The van der Waals surface area contributed by atoms with Gasteiger partial charge in [0.2, 0.25) is 0 Å². The van der Waals surface area contributed by atoms with Crippen molar-refractivity contribution in [3.8, 4) is 0 Å². The lowest BCUT2D eigenvalue weighted by molar-refractivity contribution is 0.584. The van der Waals surface area contributed by atoms with E-state index in [2.05, 4.69) is 0 Å². The molecule has 0 fully saturated rings. The molecule has 1 aliphatic rings. The zero-order valence-electron chi connectivity index (χ0n) is 12.1. The Balaban J connectivity index is 2.12. The van der Waals surface area contributed by atoms with Gasteiger partial charge in [0.25, 0.3) is 10.0 Å². The molecule has 1 heterocycles. The molecule has 21 heavy (non-hydrogen) atoms. The van der Waals surface area contributed by atoms with Crippen molar-refractivity contribution in [2.24, 2.45) is 0 Å². The van der Waals surface area contributed by atoms with Gasteiger partial charge < -0.3 is 5.73 Å². The van der Waals surface area contributed by atoms with E-state index >= 15 is 0 Å². The van der Waals surface area contributed by atoms with E-state index in [9.17, 15) is 8.42 Å². The van der Waals surface area contributed by atoms with Gasteiger partial charge in [0.05, 0.1) is 10.6 Å². The van der Waals surface area contributed by atoms with Crippen molar-refractivity contribution in [1.82, 2.24) is 0 Å². The highest BCUT2D eigenvalue weighted by Crippen LogP contribution is 2.36. The fourth-order valence-corrected chi connectivity index (χ4v) is 4.52. The van der Waals surface area contributed by atoms with Crippen LogP contribution in [-0.2, 0) is 16.4 Å². The van der Waals surface area contributed by atoms with Crippen LogP contribution in [0.5, 0.6) is 0 Å². The van der Waals surface area contributed by atoms with E-state index in [0.29, 0.717) is 5.69 Å². The molecule has 3 rings (SSSR count). The first-order valence-electron chi connectivity index (χ1n) is 6.90. The first-order valence-corrected chi connectivity index (χ1v) is 8.34. The van der Waals surface area contributed by atoms with Crippen molar-refractivity contribution < 1.29 is 8.42 Å². The fraction of sp³-hybridized carbons (Fsp3) is 0.250. The number of fused-ring (bicyclic) bond motifs is 1. The average molecular weight is 302 g/mol. The Morgan fingerprint density at radius 2 is 1.90 bits per heavy atom. The number of hydrogen-bond acceptors (Lipinski definition) is 3. The molecule has 110 valence electrons. The van der Waals surface area contributed by atoms with Crippen molar-refractivity contribution in [3.05, 3.63) is 53.6 Å². The predicted octanol–water partition coefficient (Wildman–Crippen LogP) is 2.72. The molecule has 0 bridgehead atoms. The Morgan fingerprint density at radius 1 is 1.19 bits per heavy atom. The number of aryl methyl sites for hydroxylation is 1. The Morgan fingerprint density at radius 3 is 2.62 bits per heavy atom. The van der Waals surface area contributed by atoms with Crippen LogP contribution in [0.4, 0.5) is 11.4 Å². The Bertz CT molecular complexity index is 800. The van der Waals surface area contributed by atoms with E-state index in [4.69, 9.17) is 5.73 Å². The maximum atomic E-state index is 12.9. The molecule has 0 amide bonds. The number of sulfonamides is 1. The Kier molecular flexibility index (Phi) is 3.17. The molecule has 1 aliphatic heterocycles. The van der Waals surface area contributed by atoms with E-state index in [1.54, 1.807) is 18.2 Å². The van der Waals surface area contributed by atoms with Crippen molar-refractivity contribution >= 4 is 21.4 Å². The summed E-state index contributed by atoms with van der Waals surface area (Å²) in [5.74, 6) is 0. The summed E-state index contributed by atoms with van der Waals surface area (Å²) in [6.07, 6.45) is 0.733. The number of nitrogen functional groups attached to an aromatic ring is 1. The maximum absolute atomic E-state index is 12.9. The van der Waals surface area contributed by atoms with Crippen LogP contribution in [0.25, 0.3) is 0 Å². The minimum Gasteiger partial charge on any atom is -0.398 e. The summed E-state index contributed by atoms with van der Waals surface area (Å²) in [7, 11) is -3.59. The molecule has 2 aromatic carbocycles. The molecule has 5 heteroatoms. The van der Waals surface area contributed by atoms with E-state index in [-0.39, 0.29) is 10.9 Å². The van der Waals surface area contributed by atoms with Crippen LogP contribution in [0.15, 0.2) is 47.4 Å². The summed E-state index contributed by atoms with van der Waals surface area (Å²) in [6.45, 7) is 3.79. The second-order valence-electron chi connectivity index (χ2n) is 5.50.